The van der Waals surface area contributed by atoms with Crippen LogP contribution in [-0.4, -0.2) is 19.0 Å². The third-order valence-electron chi connectivity index (χ3n) is 2.59. The Balaban J connectivity index is 2.03. The molecule has 4 nitrogen and oxygen atoms in total. The number of anilines is 1. The zero-order valence-electron chi connectivity index (χ0n) is 11.1. The Kier molecular flexibility index (Phi) is 5.14. The molecular formula is C15H12ClNO3S. The van der Waals surface area contributed by atoms with Crippen LogP contribution in [0.15, 0.2) is 41.8 Å². The summed E-state index contributed by atoms with van der Waals surface area (Å²) in [6.07, 6.45) is 3.05. The van der Waals surface area contributed by atoms with E-state index in [1.165, 1.54) is 24.5 Å². The largest absolute Gasteiger partial charge is 0.465 e. The van der Waals surface area contributed by atoms with Crippen LogP contribution in [-0.2, 0) is 9.53 Å². The van der Waals surface area contributed by atoms with Gasteiger partial charge in [-0.2, -0.15) is 0 Å². The van der Waals surface area contributed by atoms with Crippen molar-refractivity contribution < 1.29 is 14.3 Å². The Labute approximate surface area is 131 Å². The molecule has 108 valence electrons. The van der Waals surface area contributed by atoms with Crippen LogP contribution in [0.2, 0.25) is 5.02 Å². The van der Waals surface area contributed by atoms with Crippen molar-refractivity contribution in [3.63, 3.8) is 0 Å². The Morgan fingerprint density at radius 3 is 2.62 bits per heavy atom. The van der Waals surface area contributed by atoms with Crippen LogP contribution in [0.4, 0.5) is 5.69 Å². The SMILES string of the molecule is COC(=O)c1sccc1NC(=O)/C=C/c1ccc(Cl)cc1. The number of hydrogen-bond donors (Lipinski definition) is 1. The molecule has 1 heterocycles. The van der Waals surface area contributed by atoms with Gasteiger partial charge in [0.15, 0.2) is 0 Å². The minimum Gasteiger partial charge on any atom is -0.465 e. The van der Waals surface area contributed by atoms with Crippen molar-refractivity contribution in [2.24, 2.45) is 0 Å². The molecule has 0 radical (unpaired) electrons. The van der Waals surface area contributed by atoms with E-state index in [4.69, 9.17) is 11.6 Å². The van der Waals surface area contributed by atoms with E-state index in [0.29, 0.717) is 15.6 Å². The maximum Gasteiger partial charge on any atom is 0.350 e. The zero-order chi connectivity index (χ0) is 15.2. The highest BCUT2D eigenvalue weighted by molar-refractivity contribution is 7.12. The molecule has 0 spiro atoms. The van der Waals surface area contributed by atoms with E-state index in [1.807, 2.05) is 0 Å². The van der Waals surface area contributed by atoms with Gasteiger partial charge in [-0.05, 0) is 35.2 Å². The normalized spacial score (nSPS) is 10.6. The average Bonchev–Trinajstić information content (AvgIpc) is 2.94. The highest BCUT2D eigenvalue weighted by Crippen LogP contribution is 2.23. The van der Waals surface area contributed by atoms with Crippen LogP contribution in [0.5, 0.6) is 0 Å². The summed E-state index contributed by atoms with van der Waals surface area (Å²) in [5.41, 5.74) is 1.30. The first kappa shape index (κ1) is 15.3. The molecular weight excluding hydrogens is 310 g/mol. The molecule has 1 aromatic heterocycles. The molecule has 0 saturated heterocycles. The number of carbonyl (C=O) groups excluding carboxylic acids is 2. The monoisotopic (exact) mass is 321 g/mol. The van der Waals surface area contributed by atoms with Gasteiger partial charge >= 0.3 is 5.97 Å². The van der Waals surface area contributed by atoms with Crippen molar-refractivity contribution in [2.45, 2.75) is 0 Å². The second-order valence-corrected chi connectivity index (χ2v) is 5.38. The lowest BCUT2D eigenvalue weighted by molar-refractivity contribution is -0.111. The van der Waals surface area contributed by atoms with Gasteiger partial charge in [-0.3, -0.25) is 4.79 Å². The zero-order valence-corrected chi connectivity index (χ0v) is 12.7. The van der Waals surface area contributed by atoms with Gasteiger partial charge in [-0.25, -0.2) is 4.79 Å². The summed E-state index contributed by atoms with van der Waals surface area (Å²) in [5, 5.41) is 4.99. The van der Waals surface area contributed by atoms with Crippen LogP contribution in [0.1, 0.15) is 15.2 Å². The Hall–Kier alpha value is -2.11. The predicted molar refractivity (Wildman–Crippen MR) is 84.8 cm³/mol. The van der Waals surface area contributed by atoms with Crippen LogP contribution in [0.3, 0.4) is 0 Å². The van der Waals surface area contributed by atoms with Gasteiger partial charge in [0.05, 0.1) is 12.8 Å². The summed E-state index contributed by atoms with van der Waals surface area (Å²) < 4.78 is 4.65. The molecule has 0 unspecified atom stereocenters. The topological polar surface area (TPSA) is 55.4 Å². The number of benzene rings is 1. The molecule has 0 saturated carbocycles. The maximum absolute atomic E-state index is 11.8. The molecule has 0 aliphatic rings. The van der Waals surface area contributed by atoms with Crippen LogP contribution in [0, 0.1) is 0 Å². The molecule has 0 bridgehead atoms. The second-order valence-electron chi connectivity index (χ2n) is 4.03. The molecule has 0 aliphatic heterocycles. The first-order chi connectivity index (χ1) is 10.1. The minimum absolute atomic E-state index is 0.325. The summed E-state index contributed by atoms with van der Waals surface area (Å²) >= 11 is 7.00. The van der Waals surface area contributed by atoms with Crippen molar-refractivity contribution in [1.82, 2.24) is 0 Å². The molecule has 1 amide bonds. The number of ether oxygens (including phenoxy) is 1. The fraction of sp³-hybridized carbons (Fsp3) is 0.0667. The van der Waals surface area contributed by atoms with E-state index in [1.54, 1.807) is 41.8 Å². The number of halogens is 1. The standard InChI is InChI=1S/C15H12ClNO3S/c1-20-15(19)14-12(8-9-21-14)17-13(18)7-4-10-2-5-11(16)6-3-10/h2-9H,1H3,(H,17,18)/b7-4+. The Bertz CT molecular complexity index is 676. The average molecular weight is 322 g/mol. The molecule has 0 atom stereocenters. The van der Waals surface area contributed by atoms with Gasteiger partial charge in [0.2, 0.25) is 5.91 Å². The van der Waals surface area contributed by atoms with E-state index in [2.05, 4.69) is 10.1 Å². The van der Waals surface area contributed by atoms with E-state index < -0.39 is 5.97 Å². The van der Waals surface area contributed by atoms with Crippen molar-refractivity contribution in [3.8, 4) is 0 Å². The lowest BCUT2D eigenvalue weighted by atomic mass is 10.2. The third kappa shape index (κ3) is 4.18. The quantitative estimate of drug-likeness (QED) is 0.687. The first-order valence-electron chi connectivity index (χ1n) is 6.00. The number of nitrogens with one attached hydrogen (secondary N) is 1. The fourth-order valence-corrected chi connectivity index (χ4v) is 2.47. The summed E-state index contributed by atoms with van der Waals surface area (Å²) in [4.78, 5) is 23.7. The smallest absolute Gasteiger partial charge is 0.350 e. The van der Waals surface area contributed by atoms with Crippen molar-refractivity contribution in [2.75, 3.05) is 12.4 Å². The van der Waals surface area contributed by atoms with Crippen molar-refractivity contribution in [3.05, 3.63) is 57.3 Å². The summed E-state index contributed by atoms with van der Waals surface area (Å²) in [6, 6.07) is 8.75. The Morgan fingerprint density at radius 1 is 1.24 bits per heavy atom. The van der Waals surface area contributed by atoms with Gasteiger partial charge in [0.25, 0.3) is 0 Å². The molecule has 2 aromatic rings. The van der Waals surface area contributed by atoms with E-state index in [9.17, 15) is 9.59 Å². The lowest BCUT2D eigenvalue weighted by Crippen LogP contribution is -2.10. The highest BCUT2D eigenvalue weighted by atomic mass is 35.5. The molecule has 0 fully saturated rings. The second kappa shape index (κ2) is 7.06. The molecule has 21 heavy (non-hydrogen) atoms. The number of amides is 1. The van der Waals surface area contributed by atoms with Gasteiger partial charge in [-0.15, -0.1) is 11.3 Å². The number of methoxy groups -OCH3 is 1. The predicted octanol–water partition coefficient (Wildman–Crippen LogP) is 3.84. The minimum atomic E-state index is -0.470. The van der Waals surface area contributed by atoms with Gasteiger partial charge in [0, 0.05) is 11.1 Å². The van der Waals surface area contributed by atoms with Crippen LogP contribution >= 0.6 is 22.9 Å². The number of thiophene rings is 1. The van der Waals surface area contributed by atoms with Gasteiger partial charge in [-0.1, -0.05) is 23.7 Å². The summed E-state index contributed by atoms with van der Waals surface area (Å²) in [7, 11) is 1.30. The first-order valence-corrected chi connectivity index (χ1v) is 7.26. The maximum atomic E-state index is 11.8. The highest BCUT2D eigenvalue weighted by Gasteiger charge is 2.14. The summed E-state index contributed by atoms with van der Waals surface area (Å²) in [5.74, 6) is -0.796. The van der Waals surface area contributed by atoms with Crippen LogP contribution < -0.4 is 5.32 Å². The third-order valence-corrected chi connectivity index (χ3v) is 3.74. The molecule has 6 heteroatoms. The molecule has 1 aromatic carbocycles. The molecule has 0 aliphatic carbocycles. The number of rotatable bonds is 4. The van der Waals surface area contributed by atoms with Gasteiger partial charge < -0.3 is 10.1 Å². The number of carbonyl (C=O) groups is 2. The van der Waals surface area contributed by atoms with E-state index >= 15 is 0 Å². The van der Waals surface area contributed by atoms with Crippen LogP contribution in [0.25, 0.3) is 6.08 Å². The number of hydrogen-bond acceptors (Lipinski definition) is 4. The lowest BCUT2D eigenvalue weighted by Gasteiger charge is -2.02. The van der Waals surface area contributed by atoms with E-state index in [0.717, 1.165) is 5.56 Å². The Morgan fingerprint density at radius 2 is 1.95 bits per heavy atom. The van der Waals surface area contributed by atoms with Gasteiger partial charge in [0.1, 0.15) is 4.88 Å². The number of esters is 1. The van der Waals surface area contributed by atoms with E-state index in [-0.39, 0.29) is 5.91 Å². The van der Waals surface area contributed by atoms with Crippen molar-refractivity contribution >= 4 is 46.6 Å². The fourth-order valence-electron chi connectivity index (χ4n) is 1.58. The molecule has 1 N–H and O–H groups in total. The van der Waals surface area contributed by atoms with Crippen molar-refractivity contribution in [1.29, 1.82) is 0 Å². The summed E-state index contributed by atoms with van der Waals surface area (Å²) in [6.45, 7) is 0. The molecule has 2 rings (SSSR count).